The number of hydrogen-bond donors (Lipinski definition) is 1. The molecule has 1 saturated heterocycles. The van der Waals surface area contributed by atoms with Crippen molar-refractivity contribution in [3.05, 3.63) is 0 Å². The van der Waals surface area contributed by atoms with Crippen LogP contribution in [0.15, 0.2) is 0 Å². The highest BCUT2D eigenvalue weighted by molar-refractivity contribution is 7.91. The number of nitrogens with two attached hydrogens (primary N) is 1. The maximum atomic E-state index is 12.5. The van der Waals surface area contributed by atoms with Crippen LogP contribution in [0.2, 0.25) is 0 Å². The molecule has 0 aromatic heterocycles. The molecule has 1 unspecified atom stereocenters. The average molecular weight is 302 g/mol. The molecular weight excluding hydrogens is 276 g/mol. The van der Waals surface area contributed by atoms with Crippen molar-refractivity contribution in [2.45, 2.75) is 63.5 Å². The van der Waals surface area contributed by atoms with Gasteiger partial charge in [-0.3, -0.25) is 4.79 Å². The zero-order valence-corrected chi connectivity index (χ0v) is 13.1. The third-order valence-electron chi connectivity index (χ3n) is 4.66. The van der Waals surface area contributed by atoms with E-state index in [1.165, 1.54) is 6.42 Å². The smallest absolute Gasteiger partial charge is 0.224 e. The van der Waals surface area contributed by atoms with Gasteiger partial charge in [0.15, 0.2) is 9.84 Å². The molecule has 2 N–H and O–H groups in total. The molecule has 5 nitrogen and oxygen atoms in total. The number of sulfone groups is 1. The van der Waals surface area contributed by atoms with Gasteiger partial charge in [0.2, 0.25) is 5.91 Å². The van der Waals surface area contributed by atoms with Gasteiger partial charge >= 0.3 is 0 Å². The van der Waals surface area contributed by atoms with Crippen LogP contribution >= 0.6 is 0 Å². The maximum absolute atomic E-state index is 12.5. The lowest BCUT2D eigenvalue weighted by Gasteiger charge is -2.36. The summed E-state index contributed by atoms with van der Waals surface area (Å²) in [6, 6.07) is -0.148. The summed E-state index contributed by atoms with van der Waals surface area (Å²) in [7, 11) is -2.96. The van der Waals surface area contributed by atoms with Gasteiger partial charge in [0.1, 0.15) is 0 Å². The molecule has 2 aliphatic rings. The molecule has 0 bridgehead atoms. The van der Waals surface area contributed by atoms with Crippen molar-refractivity contribution in [2.75, 3.05) is 18.1 Å². The Bertz CT molecular complexity index is 455. The third kappa shape index (κ3) is 3.73. The normalized spacial score (nSPS) is 28.2. The summed E-state index contributed by atoms with van der Waals surface area (Å²) in [5, 5.41) is 0. The SMILES string of the molecule is CCN(C(=O)CC1(N)CCCCC1)C1CCS(=O)(=O)C1. The first kappa shape index (κ1) is 15.8. The van der Waals surface area contributed by atoms with Gasteiger partial charge in [-0.1, -0.05) is 19.3 Å². The Morgan fingerprint density at radius 2 is 1.95 bits per heavy atom. The minimum atomic E-state index is -2.96. The summed E-state index contributed by atoms with van der Waals surface area (Å²) < 4.78 is 23.1. The van der Waals surface area contributed by atoms with Crippen molar-refractivity contribution in [2.24, 2.45) is 5.73 Å². The number of hydrogen-bond acceptors (Lipinski definition) is 4. The van der Waals surface area contributed by atoms with E-state index in [0.29, 0.717) is 19.4 Å². The second kappa shape index (κ2) is 6.02. The largest absolute Gasteiger partial charge is 0.339 e. The Morgan fingerprint density at radius 1 is 1.30 bits per heavy atom. The molecule has 0 aromatic rings. The molecule has 6 heteroatoms. The van der Waals surface area contributed by atoms with Gasteiger partial charge in [0.25, 0.3) is 0 Å². The number of amides is 1. The van der Waals surface area contributed by atoms with Gasteiger partial charge in [0.05, 0.1) is 11.5 Å². The van der Waals surface area contributed by atoms with E-state index in [-0.39, 0.29) is 29.0 Å². The maximum Gasteiger partial charge on any atom is 0.224 e. The van der Waals surface area contributed by atoms with Gasteiger partial charge in [-0.05, 0) is 26.2 Å². The number of carbonyl (C=O) groups is 1. The van der Waals surface area contributed by atoms with E-state index < -0.39 is 9.84 Å². The number of rotatable bonds is 4. The Morgan fingerprint density at radius 3 is 2.45 bits per heavy atom. The van der Waals surface area contributed by atoms with Crippen LogP contribution in [-0.4, -0.2) is 48.9 Å². The minimum absolute atomic E-state index is 0.0269. The van der Waals surface area contributed by atoms with Crippen molar-refractivity contribution in [1.29, 1.82) is 0 Å². The fourth-order valence-corrected chi connectivity index (χ4v) is 5.23. The molecule has 1 aliphatic heterocycles. The lowest BCUT2D eigenvalue weighted by molar-refractivity contribution is -0.134. The minimum Gasteiger partial charge on any atom is -0.339 e. The Kier molecular flexibility index (Phi) is 4.74. The monoisotopic (exact) mass is 302 g/mol. The Balaban J connectivity index is 1.99. The van der Waals surface area contributed by atoms with Crippen LogP contribution in [0.3, 0.4) is 0 Å². The molecule has 1 heterocycles. The fraction of sp³-hybridized carbons (Fsp3) is 0.929. The molecule has 1 amide bonds. The molecule has 1 aliphatic carbocycles. The zero-order chi connectivity index (χ0) is 14.8. The van der Waals surface area contributed by atoms with Crippen LogP contribution in [0.25, 0.3) is 0 Å². The fourth-order valence-electron chi connectivity index (χ4n) is 3.49. The van der Waals surface area contributed by atoms with Crippen molar-refractivity contribution < 1.29 is 13.2 Å². The van der Waals surface area contributed by atoms with Gasteiger partial charge in [-0.2, -0.15) is 0 Å². The van der Waals surface area contributed by atoms with Crippen LogP contribution in [0.5, 0.6) is 0 Å². The van der Waals surface area contributed by atoms with E-state index in [4.69, 9.17) is 5.73 Å². The van der Waals surface area contributed by atoms with E-state index in [1.807, 2.05) is 6.92 Å². The van der Waals surface area contributed by atoms with E-state index in [9.17, 15) is 13.2 Å². The molecule has 0 aromatic carbocycles. The summed E-state index contributed by atoms with van der Waals surface area (Å²) in [6.07, 6.45) is 6.11. The molecule has 2 fully saturated rings. The first-order valence-corrected chi connectivity index (χ1v) is 9.46. The van der Waals surface area contributed by atoms with Crippen molar-refractivity contribution >= 4 is 15.7 Å². The molecule has 2 rings (SSSR count). The van der Waals surface area contributed by atoms with E-state index in [0.717, 1.165) is 25.7 Å². The van der Waals surface area contributed by atoms with Crippen LogP contribution in [0.1, 0.15) is 51.9 Å². The second-order valence-electron chi connectivity index (χ2n) is 6.34. The summed E-state index contributed by atoms with van der Waals surface area (Å²) in [4.78, 5) is 14.2. The zero-order valence-electron chi connectivity index (χ0n) is 12.3. The summed E-state index contributed by atoms with van der Waals surface area (Å²) in [6.45, 7) is 2.47. The van der Waals surface area contributed by atoms with Crippen LogP contribution in [0.4, 0.5) is 0 Å². The molecule has 0 radical (unpaired) electrons. The van der Waals surface area contributed by atoms with Crippen molar-refractivity contribution in [3.63, 3.8) is 0 Å². The van der Waals surface area contributed by atoms with Crippen molar-refractivity contribution in [3.8, 4) is 0 Å². The molecule has 1 saturated carbocycles. The highest BCUT2D eigenvalue weighted by Crippen LogP contribution is 2.30. The van der Waals surface area contributed by atoms with E-state index in [1.54, 1.807) is 4.90 Å². The quantitative estimate of drug-likeness (QED) is 0.842. The van der Waals surface area contributed by atoms with Gasteiger partial charge in [-0.25, -0.2) is 8.42 Å². The molecule has 1 atom stereocenters. The lowest BCUT2D eigenvalue weighted by atomic mass is 9.80. The molecule has 0 spiro atoms. The predicted molar refractivity (Wildman–Crippen MR) is 79.1 cm³/mol. The van der Waals surface area contributed by atoms with Crippen LogP contribution in [0, 0.1) is 0 Å². The van der Waals surface area contributed by atoms with Crippen LogP contribution < -0.4 is 5.73 Å². The molecular formula is C14H26N2O3S. The predicted octanol–water partition coefficient (Wildman–Crippen LogP) is 1.07. The number of carbonyl (C=O) groups excluding carboxylic acids is 1. The first-order chi connectivity index (χ1) is 9.35. The van der Waals surface area contributed by atoms with Crippen LogP contribution in [-0.2, 0) is 14.6 Å². The topological polar surface area (TPSA) is 80.5 Å². The highest BCUT2D eigenvalue weighted by Gasteiger charge is 2.37. The Labute approximate surface area is 121 Å². The second-order valence-corrected chi connectivity index (χ2v) is 8.57. The molecule has 20 heavy (non-hydrogen) atoms. The summed E-state index contributed by atoms with van der Waals surface area (Å²) in [5.41, 5.74) is 5.96. The van der Waals surface area contributed by atoms with Gasteiger partial charge in [0, 0.05) is 24.5 Å². The number of nitrogens with zero attached hydrogens (tertiary/aromatic N) is 1. The third-order valence-corrected chi connectivity index (χ3v) is 6.41. The molecule has 116 valence electrons. The first-order valence-electron chi connectivity index (χ1n) is 7.64. The van der Waals surface area contributed by atoms with Crippen molar-refractivity contribution in [1.82, 2.24) is 4.90 Å². The van der Waals surface area contributed by atoms with Gasteiger partial charge < -0.3 is 10.6 Å². The lowest BCUT2D eigenvalue weighted by Crippen LogP contribution is -2.49. The Hall–Kier alpha value is -0.620. The highest BCUT2D eigenvalue weighted by atomic mass is 32.2. The average Bonchev–Trinajstić information content (AvgIpc) is 2.70. The standard InChI is InChI=1S/C14H26N2O3S/c1-2-16(12-6-9-20(18,19)11-12)13(17)10-14(15)7-4-3-5-8-14/h12H,2-11,15H2,1H3. The van der Waals surface area contributed by atoms with E-state index >= 15 is 0 Å². The van der Waals surface area contributed by atoms with E-state index in [2.05, 4.69) is 0 Å². The van der Waals surface area contributed by atoms with Gasteiger partial charge in [-0.15, -0.1) is 0 Å². The summed E-state index contributed by atoms with van der Waals surface area (Å²) >= 11 is 0. The summed E-state index contributed by atoms with van der Waals surface area (Å²) in [5.74, 6) is 0.346.